The molecule has 1 aromatic rings. The Kier molecular flexibility index (Phi) is 3.85. The number of hydrogen-bond acceptors (Lipinski definition) is 2. The second-order valence-electron chi connectivity index (χ2n) is 3.11. The van der Waals surface area contributed by atoms with Gasteiger partial charge in [-0.1, -0.05) is 18.2 Å². The van der Waals surface area contributed by atoms with E-state index >= 15 is 0 Å². The molecule has 0 aliphatic carbocycles. The zero-order valence-corrected chi connectivity index (χ0v) is 8.46. The molecule has 0 unspecified atom stereocenters. The molecule has 0 aliphatic rings. The maximum absolute atomic E-state index is 12.7. The molecular formula is C11H13FN2O. The number of nitrogens with two attached hydrogens (primary N) is 1. The van der Waals surface area contributed by atoms with Gasteiger partial charge in [0.25, 0.3) is 0 Å². The van der Waals surface area contributed by atoms with E-state index in [0.29, 0.717) is 12.2 Å². The SMILES string of the molecule is CC(=O)NCC=Cc1ccc(F)cc1N. The van der Waals surface area contributed by atoms with Gasteiger partial charge in [0, 0.05) is 19.2 Å². The van der Waals surface area contributed by atoms with Crippen molar-refractivity contribution < 1.29 is 9.18 Å². The second-order valence-corrected chi connectivity index (χ2v) is 3.11. The molecule has 80 valence electrons. The van der Waals surface area contributed by atoms with Crippen LogP contribution >= 0.6 is 0 Å². The third-order valence-electron chi connectivity index (χ3n) is 1.82. The number of benzene rings is 1. The summed E-state index contributed by atoms with van der Waals surface area (Å²) in [6, 6.07) is 4.20. The summed E-state index contributed by atoms with van der Waals surface area (Å²) in [6.07, 6.45) is 3.50. The lowest BCUT2D eigenvalue weighted by Crippen LogP contribution is -2.19. The van der Waals surface area contributed by atoms with Crippen LogP contribution in [0.1, 0.15) is 12.5 Å². The quantitative estimate of drug-likeness (QED) is 0.740. The molecule has 4 heteroatoms. The molecule has 0 spiro atoms. The van der Waals surface area contributed by atoms with Crippen LogP contribution in [0.3, 0.4) is 0 Å². The van der Waals surface area contributed by atoms with Crippen molar-refractivity contribution in [3.63, 3.8) is 0 Å². The molecule has 0 fully saturated rings. The Morgan fingerprint density at radius 2 is 2.33 bits per heavy atom. The third kappa shape index (κ3) is 3.81. The first-order valence-electron chi connectivity index (χ1n) is 4.55. The van der Waals surface area contributed by atoms with Crippen LogP contribution in [0.2, 0.25) is 0 Å². The number of amides is 1. The van der Waals surface area contributed by atoms with Gasteiger partial charge in [0.2, 0.25) is 5.91 Å². The molecule has 1 aromatic carbocycles. The van der Waals surface area contributed by atoms with E-state index in [-0.39, 0.29) is 11.7 Å². The first-order valence-corrected chi connectivity index (χ1v) is 4.55. The predicted molar refractivity (Wildman–Crippen MR) is 58.5 cm³/mol. The normalized spacial score (nSPS) is 10.5. The van der Waals surface area contributed by atoms with Crippen molar-refractivity contribution in [2.24, 2.45) is 0 Å². The highest BCUT2D eigenvalue weighted by Gasteiger charge is 1.96. The first-order chi connectivity index (χ1) is 7.09. The summed E-state index contributed by atoms with van der Waals surface area (Å²) in [5, 5.41) is 2.61. The Labute approximate surface area is 87.8 Å². The van der Waals surface area contributed by atoms with Gasteiger partial charge in [-0.3, -0.25) is 4.79 Å². The Morgan fingerprint density at radius 3 is 2.93 bits per heavy atom. The van der Waals surface area contributed by atoms with Gasteiger partial charge in [-0.15, -0.1) is 0 Å². The van der Waals surface area contributed by atoms with E-state index in [4.69, 9.17) is 5.73 Å². The van der Waals surface area contributed by atoms with Crippen LogP contribution in [0.4, 0.5) is 10.1 Å². The van der Waals surface area contributed by atoms with Gasteiger partial charge in [-0.2, -0.15) is 0 Å². The molecule has 0 atom stereocenters. The largest absolute Gasteiger partial charge is 0.398 e. The molecule has 0 radical (unpaired) electrons. The van der Waals surface area contributed by atoms with Gasteiger partial charge in [-0.25, -0.2) is 4.39 Å². The van der Waals surface area contributed by atoms with E-state index in [1.807, 2.05) is 0 Å². The zero-order valence-electron chi connectivity index (χ0n) is 8.46. The Bertz CT molecular complexity index is 388. The fraction of sp³-hybridized carbons (Fsp3) is 0.182. The lowest BCUT2D eigenvalue weighted by atomic mass is 10.1. The van der Waals surface area contributed by atoms with Crippen molar-refractivity contribution >= 4 is 17.7 Å². The molecule has 0 saturated carbocycles. The smallest absolute Gasteiger partial charge is 0.217 e. The van der Waals surface area contributed by atoms with Crippen LogP contribution in [-0.2, 0) is 4.79 Å². The molecule has 0 heterocycles. The van der Waals surface area contributed by atoms with Crippen molar-refractivity contribution in [2.75, 3.05) is 12.3 Å². The number of halogens is 1. The lowest BCUT2D eigenvalue weighted by Gasteiger charge is -2.00. The third-order valence-corrected chi connectivity index (χ3v) is 1.82. The van der Waals surface area contributed by atoms with Crippen LogP contribution < -0.4 is 11.1 Å². The molecule has 1 amide bonds. The number of carbonyl (C=O) groups excluding carboxylic acids is 1. The van der Waals surface area contributed by atoms with Crippen LogP contribution in [0.15, 0.2) is 24.3 Å². The topological polar surface area (TPSA) is 55.1 Å². The van der Waals surface area contributed by atoms with Gasteiger partial charge in [0.1, 0.15) is 5.82 Å². The minimum Gasteiger partial charge on any atom is -0.398 e. The fourth-order valence-electron chi connectivity index (χ4n) is 1.09. The summed E-state index contributed by atoms with van der Waals surface area (Å²) in [6.45, 7) is 1.88. The van der Waals surface area contributed by atoms with Crippen molar-refractivity contribution in [3.05, 3.63) is 35.7 Å². The molecule has 15 heavy (non-hydrogen) atoms. The van der Waals surface area contributed by atoms with Crippen LogP contribution in [-0.4, -0.2) is 12.5 Å². The number of nitrogen functional groups attached to an aromatic ring is 1. The monoisotopic (exact) mass is 208 g/mol. The average molecular weight is 208 g/mol. The van der Waals surface area contributed by atoms with Gasteiger partial charge < -0.3 is 11.1 Å². The van der Waals surface area contributed by atoms with E-state index in [0.717, 1.165) is 5.56 Å². The highest BCUT2D eigenvalue weighted by Crippen LogP contribution is 2.14. The van der Waals surface area contributed by atoms with E-state index < -0.39 is 0 Å². The minimum atomic E-state index is -0.355. The van der Waals surface area contributed by atoms with Gasteiger partial charge in [0.15, 0.2) is 0 Å². The number of rotatable bonds is 3. The highest BCUT2D eigenvalue weighted by atomic mass is 19.1. The van der Waals surface area contributed by atoms with Gasteiger partial charge in [0.05, 0.1) is 0 Å². The summed E-state index contributed by atoms with van der Waals surface area (Å²) >= 11 is 0. The molecule has 3 nitrogen and oxygen atoms in total. The molecule has 0 saturated heterocycles. The summed E-state index contributed by atoms with van der Waals surface area (Å²) in [4.78, 5) is 10.5. The van der Waals surface area contributed by atoms with E-state index in [1.165, 1.54) is 19.1 Å². The van der Waals surface area contributed by atoms with Crippen LogP contribution in [0, 0.1) is 5.82 Å². The molecule has 0 aromatic heterocycles. The van der Waals surface area contributed by atoms with Crippen molar-refractivity contribution in [2.45, 2.75) is 6.92 Å². The van der Waals surface area contributed by atoms with Crippen molar-refractivity contribution in [1.82, 2.24) is 5.32 Å². The fourth-order valence-corrected chi connectivity index (χ4v) is 1.09. The minimum absolute atomic E-state index is 0.0910. The molecular weight excluding hydrogens is 195 g/mol. The Morgan fingerprint density at radius 1 is 1.60 bits per heavy atom. The van der Waals surface area contributed by atoms with E-state index in [2.05, 4.69) is 5.32 Å². The van der Waals surface area contributed by atoms with Crippen LogP contribution in [0.25, 0.3) is 6.08 Å². The summed E-state index contributed by atoms with van der Waals surface area (Å²) in [5.41, 5.74) is 6.71. The summed E-state index contributed by atoms with van der Waals surface area (Å²) in [5.74, 6) is -0.446. The van der Waals surface area contributed by atoms with E-state index in [9.17, 15) is 9.18 Å². The number of hydrogen-bond donors (Lipinski definition) is 2. The Hall–Kier alpha value is -1.84. The average Bonchev–Trinajstić information content (AvgIpc) is 2.14. The van der Waals surface area contributed by atoms with Crippen molar-refractivity contribution in [3.8, 4) is 0 Å². The summed E-state index contributed by atoms with van der Waals surface area (Å²) in [7, 11) is 0. The number of anilines is 1. The van der Waals surface area contributed by atoms with Crippen LogP contribution in [0.5, 0.6) is 0 Å². The number of nitrogens with one attached hydrogen (secondary N) is 1. The maximum Gasteiger partial charge on any atom is 0.217 e. The standard InChI is InChI=1S/C11H13FN2O/c1-8(15)14-6-2-3-9-4-5-10(12)7-11(9)13/h2-5,7H,6,13H2,1H3,(H,14,15). The summed E-state index contributed by atoms with van der Waals surface area (Å²) < 4.78 is 12.7. The molecule has 0 bridgehead atoms. The van der Waals surface area contributed by atoms with Gasteiger partial charge in [-0.05, 0) is 17.7 Å². The van der Waals surface area contributed by atoms with Crippen molar-refractivity contribution in [1.29, 1.82) is 0 Å². The zero-order chi connectivity index (χ0) is 11.3. The first kappa shape index (κ1) is 11.2. The molecule has 0 aliphatic heterocycles. The Balaban J connectivity index is 2.60. The second kappa shape index (κ2) is 5.14. The van der Waals surface area contributed by atoms with Gasteiger partial charge >= 0.3 is 0 Å². The molecule has 3 N–H and O–H groups in total. The highest BCUT2D eigenvalue weighted by molar-refractivity contribution is 5.73. The predicted octanol–water partition coefficient (Wildman–Crippen LogP) is 1.56. The lowest BCUT2D eigenvalue weighted by molar-refractivity contribution is -0.118. The van der Waals surface area contributed by atoms with E-state index in [1.54, 1.807) is 18.2 Å². The maximum atomic E-state index is 12.7. The molecule has 1 rings (SSSR count). The number of carbonyl (C=O) groups is 1.